The summed E-state index contributed by atoms with van der Waals surface area (Å²) in [5, 5.41) is 7.05. The van der Waals surface area contributed by atoms with Crippen LogP contribution in [0, 0.1) is 5.92 Å². The van der Waals surface area contributed by atoms with Crippen LogP contribution in [-0.2, 0) is 6.42 Å². The van der Waals surface area contributed by atoms with E-state index < -0.39 is 0 Å². The summed E-state index contributed by atoms with van der Waals surface area (Å²) < 4.78 is 0. The molecule has 2 aromatic carbocycles. The molecule has 1 saturated carbocycles. The second-order valence-corrected chi connectivity index (χ2v) is 8.61. The van der Waals surface area contributed by atoms with Crippen LogP contribution in [0.4, 0.5) is 17.1 Å². The molecule has 3 rings (SSSR count). The fourth-order valence-corrected chi connectivity index (χ4v) is 4.17. The standard InChI is InChI=1S/C28H36N2/c1-6-8-9-21(4)22(5)29-27-17-23(7-2)18-28(19-27)30-26-14-12-24(13-15-26)25-11-10-20(3)16-25/h6,8-9,12-15,17-20,25,29-30H,5,7,10-11,16H2,1-4H3/b8-6-,21-9-. The molecule has 2 unspecified atom stereocenters. The minimum absolute atomic E-state index is 0.734. The third kappa shape index (κ3) is 5.89. The van der Waals surface area contributed by atoms with Crippen molar-refractivity contribution in [3.8, 4) is 0 Å². The van der Waals surface area contributed by atoms with Crippen molar-refractivity contribution >= 4 is 17.1 Å². The van der Waals surface area contributed by atoms with Crippen molar-refractivity contribution in [2.45, 2.75) is 59.3 Å². The van der Waals surface area contributed by atoms with E-state index in [0.717, 1.165) is 46.6 Å². The van der Waals surface area contributed by atoms with E-state index in [9.17, 15) is 0 Å². The third-order valence-electron chi connectivity index (χ3n) is 6.08. The molecule has 30 heavy (non-hydrogen) atoms. The van der Waals surface area contributed by atoms with Gasteiger partial charge < -0.3 is 10.6 Å². The number of nitrogens with one attached hydrogen (secondary N) is 2. The molecule has 0 spiro atoms. The Morgan fingerprint density at radius 3 is 2.43 bits per heavy atom. The highest BCUT2D eigenvalue weighted by Gasteiger charge is 2.22. The van der Waals surface area contributed by atoms with Gasteiger partial charge in [0.2, 0.25) is 0 Å². The minimum Gasteiger partial charge on any atom is -0.356 e. The molecule has 0 radical (unpaired) electrons. The monoisotopic (exact) mass is 400 g/mol. The zero-order valence-electron chi connectivity index (χ0n) is 19.0. The molecule has 1 aliphatic rings. The fourth-order valence-electron chi connectivity index (χ4n) is 4.17. The van der Waals surface area contributed by atoms with E-state index in [-0.39, 0.29) is 0 Å². The Morgan fingerprint density at radius 2 is 1.80 bits per heavy atom. The van der Waals surface area contributed by atoms with E-state index in [1.807, 2.05) is 19.1 Å². The average Bonchev–Trinajstić information content (AvgIpc) is 3.18. The number of aryl methyl sites for hydroxylation is 1. The number of hydrogen-bond acceptors (Lipinski definition) is 2. The van der Waals surface area contributed by atoms with E-state index in [0.29, 0.717) is 0 Å². The van der Waals surface area contributed by atoms with Crippen LogP contribution < -0.4 is 10.6 Å². The number of hydrogen-bond donors (Lipinski definition) is 2. The van der Waals surface area contributed by atoms with E-state index in [1.54, 1.807) is 0 Å². The predicted octanol–water partition coefficient (Wildman–Crippen LogP) is 8.34. The maximum atomic E-state index is 4.19. The molecule has 1 aliphatic carbocycles. The number of benzene rings is 2. The van der Waals surface area contributed by atoms with Gasteiger partial charge in [0.15, 0.2) is 0 Å². The van der Waals surface area contributed by atoms with Crippen molar-refractivity contribution in [2.24, 2.45) is 5.92 Å². The zero-order chi connectivity index (χ0) is 21.5. The maximum Gasteiger partial charge on any atom is 0.0407 e. The average molecular weight is 401 g/mol. The van der Waals surface area contributed by atoms with Crippen molar-refractivity contribution < 1.29 is 0 Å². The van der Waals surface area contributed by atoms with Gasteiger partial charge in [0.05, 0.1) is 0 Å². The van der Waals surface area contributed by atoms with Gasteiger partial charge in [-0.2, -0.15) is 0 Å². The highest BCUT2D eigenvalue weighted by molar-refractivity contribution is 5.68. The quantitative estimate of drug-likeness (QED) is 0.435. The molecule has 0 amide bonds. The van der Waals surface area contributed by atoms with Gasteiger partial charge in [0, 0.05) is 22.8 Å². The van der Waals surface area contributed by atoms with Crippen LogP contribution in [0.25, 0.3) is 0 Å². The Kier molecular flexibility index (Phi) is 7.57. The van der Waals surface area contributed by atoms with Gasteiger partial charge in [-0.05, 0) is 92.0 Å². The van der Waals surface area contributed by atoms with Crippen molar-refractivity contribution in [1.82, 2.24) is 0 Å². The molecule has 0 heterocycles. The van der Waals surface area contributed by atoms with Gasteiger partial charge in [0.25, 0.3) is 0 Å². The van der Waals surface area contributed by atoms with Crippen LogP contribution in [-0.4, -0.2) is 0 Å². The van der Waals surface area contributed by atoms with Crippen molar-refractivity contribution in [2.75, 3.05) is 10.6 Å². The number of rotatable bonds is 8. The minimum atomic E-state index is 0.734. The molecule has 2 N–H and O–H groups in total. The Balaban J connectivity index is 1.72. The normalized spacial score (nSPS) is 19.3. The Bertz CT molecular complexity index is 918. The molecule has 0 bridgehead atoms. The first kappa shape index (κ1) is 22.0. The fraction of sp³-hybridized carbons (Fsp3) is 0.357. The molecule has 1 fully saturated rings. The summed E-state index contributed by atoms with van der Waals surface area (Å²) in [5.41, 5.74) is 8.11. The van der Waals surface area contributed by atoms with Crippen LogP contribution in [0.3, 0.4) is 0 Å². The first-order chi connectivity index (χ1) is 14.5. The molecule has 2 atom stereocenters. The van der Waals surface area contributed by atoms with Crippen LogP contribution >= 0.6 is 0 Å². The van der Waals surface area contributed by atoms with Crippen molar-refractivity contribution in [3.05, 3.63) is 89.7 Å². The van der Waals surface area contributed by atoms with E-state index >= 15 is 0 Å². The van der Waals surface area contributed by atoms with Gasteiger partial charge in [-0.15, -0.1) is 0 Å². The van der Waals surface area contributed by atoms with Crippen LogP contribution in [0.5, 0.6) is 0 Å². The summed E-state index contributed by atoms with van der Waals surface area (Å²) in [4.78, 5) is 0. The SMILES string of the molecule is C=C(Nc1cc(CC)cc(Nc2ccc(C3CCC(C)C3)cc2)c1)/C(C)=C\C=C/C. The van der Waals surface area contributed by atoms with Crippen LogP contribution in [0.15, 0.2) is 78.5 Å². The summed E-state index contributed by atoms with van der Waals surface area (Å²) in [6.45, 7) is 12.8. The maximum absolute atomic E-state index is 4.19. The molecule has 2 nitrogen and oxygen atoms in total. The lowest BCUT2D eigenvalue weighted by Crippen LogP contribution is -2.01. The summed E-state index contributed by atoms with van der Waals surface area (Å²) in [6, 6.07) is 15.6. The first-order valence-electron chi connectivity index (χ1n) is 11.2. The first-order valence-corrected chi connectivity index (χ1v) is 11.2. The molecule has 2 heteroatoms. The van der Waals surface area contributed by atoms with Gasteiger partial charge in [-0.25, -0.2) is 0 Å². The lowest BCUT2D eigenvalue weighted by atomic mass is 9.96. The molecular weight excluding hydrogens is 364 g/mol. The van der Waals surface area contributed by atoms with Gasteiger partial charge in [-0.1, -0.05) is 57.2 Å². The van der Waals surface area contributed by atoms with Gasteiger partial charge >= 0.3 is 0 Å². The zero-order valence-corrected chi connectivity index (χ0v) is 19.0. The van der Waals surface area contributed by atoms with Crippen molar-refractivity contribution in [1.29, 1.82) is 0 Å². The van der Waals surface area contributed by atoms with Gasteiger partial charge in [-0.3, -0.25) is 0 Å². The molecule has 158 valence electrons. The lowest BCUT2D eigenvalue weighted by Gasteiger charge is -2.15. The highest BCUT2D eigenvalue weighted by Crippen LogP contribution is 2.38. The van der Waals surface area contributed by atoms with E-state index in [2.05, 4.69) is 86.5 Å². The second-order valence-electron chi connectivity index (χ2n) is 8.61. The summed E-state index contributed by atoms with van der Waals surface area (Å²) in [6.07, 6.45) is 11.1. The second kappa shape index (κ2) is 10.3. The van der Waals surface area contributed by atoms with Crippen LogP contribution in [0.1, 0.15) is 64.0 Å². The van der Waals surface area contributed by atoms with E-state index in [4.69, 9.17) is 0 Å². The molecular formula is C28H36N2. The molecule has 0 aliphatic heterocycles. The summed E-state index contributed by atoms with van der Waals surface area (Å²) in [7, 11) is 0. The van der Waals surface area contributed by atoms with E-state index in [1.165, 1.54) is 30.4 Å². The largest absolute Gasteiger partial charge is 0.356 e. The summed E-state index contributed by atoms with van der Waals surface area (Å²) in [5.74, 6) is 1.60. The number of allylic oxidation sites excluding steroid dienone is 4. The van der Waals surface area contributed by atoms with Gasteiger partial charge in [0.1, 0.15) is 0 Å². The molecule has 0 aromatic heterocycles. The predicted molar refractivity (Wildman–Crippen MR) is 133 cm³/mol. The molecule has 2 aromatic rings. The Labute approximate surface area is 182 Å². The highest BCUT2D eigenvalue weighted by atomic mass is 14.9. The third-order valence-corrected chi connectivity index (χ3v) is 6.08. The van der Waals surface area contributed by atoms with Crippen molar-refractivity contribution in [3.63, 3.8) is 0 Å². The topological polar surface area (TPSA) is 24.1 Å². The molecule has 0 saturated heterocycles. The lowest BCUT2D eigenvalue weighted by molar-refractivity contribution is 0.596. The Morgan fingerprint density at radius 1 is 1.07 bits per heavy atom. The number of anilines is 3. The summed E-state index contributed by atoms with van der Waals surface area (Å²) >= 11 is 0. The smallest absolute Gasteiger partial charge is 0.0407 e. The Hall–Kier alpha value is -2.74. The van der Waals surface area contributed by atoms with Crippen LogP contribution in [0.2, 0.25) is 0 Å².